The molecule has 2 aromatic carbocycles. The van der Waals surface area contributed by atoms with E-state index in [2.05, 4.69) is 15.3 Å². The number of rotatable bonds is 5. The molecule has 29 heavy (non-hydrogen) atoms. The molecule has 4 rings (SSSR count). The summed E-state index contributed by atoms with van der Waals surface area (Å²) in [6, 6.07) is 10.0. The summed E-state index contributed by atoms with van der Waals surface area (Å²) in [6.07, 6.45) is -0.366. The second-order valence-corrected chi connectivity index (χ2v) is 9.40. The quantitative estimate of drug-likeness (QED) is 0.669. The molecule has 0 radical (unpaired) electrons. The van der Waals surface area contributed by atoms with Crippen molar-refractivity contribution in [3.8, 4) is 0 Å². The highest BCUT2D eigenvalue weighted by molar-refractivity contribution is 7.90. The molecule has 0 atom stereocenters. The molecule has 0 amide bonds. The topological polar surface area (TPSA) is 72.0 Å². The Kier molecular flexibility index (Phi) is 4.53. The summed E-state index contributed by atoms with van der Waals surface area (Å²) in [5, 5.41) is 3.75. The monoisotopic (exact) mass is 421 g/mol. The molecular weight excluding hydrogens is 403 g/mol. The van der Waals surface area contributed by atoms with Crippen molar-refractivity contribution >= 4 is 26.6 Å². The predicted molar refractivity (Wildman–Crippen MR) is 103 cm³/mol. The maximum absolute atomic E-state index is 13.1. The Hall–Kier alpha value is -2.68. The van der Waals surface area contributed by atoms with Crippen LogP contribution in [0.25, 0.3) is 10.9 Å². The van der Waals surface area contributed by atoms with Gasteiger partial charge in [-0.3, -0.25) is 0 Å². The zero-order valence-corrected chi connectivity index (χ0v) is 16.3. The first-order chi connectivity index (χ1) is 13.6. The van der Waals surface area contributed by atoms with Crippen molar-refractivity contribution in [3.63, 3.8) is 0 Å². The van der Waals surface area contributed by atoms with E-state index < -0.39 is 27.0 Å². The number of aromatic nitrogens is 2. The third-order valence-electron chi connectivity index (χ3n) is 5.28. The molecule has 0 unspecified atom stereocenters. The van der Waals surface area contributed by atoms with Gasteiger partial charge in [0.15, 0.2) is 9.84 Å². The number of halogens is 3. The van der Waals surface area contributed by atoms with E-state index in [1.807, 2.05) is 0 Å². The van der Waals surface area contributed by atoms with E-state index in [0.29, 0.717) is 28.8 Å². The molecule has 1 aliphatic carbocycles. The minimum atomic E-state index is -4.38. The molecule has 1 aliphatic rings. The lowest BCUT2D eigenvalue weighted by atomic mass is 9.94. The number of nitrogens with zero attached hydrogens (tertiary/aromatic N) is 2. The van der Waals surface area contributed by atoms with Crippen molar-refractivity contribution in [1.29, 1.82) is 0 Å². The van der Waals surface area contributed by atoms with Crippen LogP contribution in [0.2, 0.25) is 0 Å². The number of anilines is 1. The molecule has 1 heterocycles. The lowest BCUT2D eigenvalue weighted by molar-refractivity contribution is -0.137. The largest absolute Gasteiger partial charge is 0.416 e. The Morgan fingerprint density at radius 3 is 2.52 bits per heavy atom. The molecule has 9 heteroatoms. The number of fused-ring (bicyclic) bond motifs is 1. The zero-order chi connectivity index (χ0) is 20.9. The average molecular weight is 421 g/mol. The smallest absolute Gasteiger partial charge is 0.369 e. The molecule has 1 aromatic heterocycles. The van der Waals surface area contributed by atoms with Gasteiger partial charge in [0.05, 0.1) is 16.0 Å². The number of hydrogen-bond acceptors (Lipinski definition) is 5. The van der Waals surface area contributed by atoms with Crippen molar-refractivity contribution in [2.24, 2.45) is 0 Å². The lowest BCUT2D eigenvalue weighted by Crippen LogP contribution is -2.21. The molecule has 1 fully saturated rings. The van der Waals surface area contributed by atoms with Crippen molar-refractivity contribution < 1.29 is 21.6 Å². The van der Waals surface area contributed by atoms with Crippen molar-refractivity contribution in [2.75, 3.05) is 18.1 Å². The molecular formula is C20H18F3N3O2S. The third kappa shape index (κ3) is 3.91. The minimum absolute atomic E-state index is 0.155. The maximum atomic E-state index is 13.1. The highest BCUT2D eigenvalue weighted by Crippen LogP contribution is 2.49. The van der Waals surface area contributed by atoms with Crippen LogP contribution in [0.4, 0.5) is 19.0 Å². The van der Waals surface area contributed by atoms with Crippen molar-refractivity contribution in [1.82, 2.24) is 9.97 Å². The van der Waals surface area contributed by atoms with Crippen LogP contribution in [-0.2, 0) is 21.4 Å². The first-order valence-corrected chi connectivity index (χ1v) is 10.8. The van der Waals surface area contributed by atoms with Gasteiger partial charge in [-0.05, 0) is 42.7 Å². The Labute approximate surface area is 165 Å². The fourth-order valence-electron chi connectivity index (χ4n) is 3.40. The zero-order valence-electron chi connectivity index (χ0n) is 15.5. The van der Waals surface area contributed by atoms with Gasteiger partial charge in [0.1, 0.15) is 12.1 Å². The van der Waals surface area contributed by atoms with Gasteiger partial charge in [0.25, 0.3) is 0 Å². The first-order valence-electron chi connectivity index (χ1n) is 8.95. The van der Waals surface area contributed by atoms with Gasteiger partial charge in [-0.1, -0.05) is 18.2 Å². The van der Waals surface area contributed by atoms with Crippen molar-refractivity contribution in [2.45, 2.75) is 29.3 Å². The molecule has 1 N–H and O–H groups in total. The van der Waals surface area contributed by atoms with Gasteiger partial charge in [-0.15, -0.1) is 0 Å². The lowest BCUT2D eigenvalue weighted by Gasteiger charge is -2.19. The van der Waals surface area contributed by atoms with Gasteiger partial charge in [-0.2, -0.15) is 13.2 Å². The Bertz CT molecular complexity index is 1190. The van der Waals surface area contributed by atoms with Gasteiger partial charge >= 0.3 is 6.18 Å². The van der Waals surface area contributed by atoms with E-state index in [0.717, 1.165) is 25.2 Å². The molecule has 3 aromatic rings. The van der Waals surface area contributed by atoms with E-state index >= 15 is 0 Å². The van der Waals surface area contributed by atoms with Gasteiger partial charge in [-0.25, -0.2) is 18.4 Å². The van der Waals surface area contributed by atoms with Crippen molar-refractivity contribution in [3.05, 3.63) is 59.9 Å². The number of sulfone groups is 1. The normalized spacial score (nSPS) is 16.0. The minimum Gasteiger partial charge on any atom is -0.369 e. The predicted octanol–water partition coefficient (Wildman–Crippen LogP) is 4.20. The summed E-state index contributed by atoms with van der Waals surface area (Å²) in [6.45, 7) is 0.392. The number of alkyl halides is 3. The second kappa shape index (κ2) is 6.69. The Balaban J connectivity index is 1.63. The third-order valence-corrected chi connectivity index (χ3v) is 6.40. The Morgan fingerprint density at radius 1 is 1.10 bits per heavy atom. The Morgan fingerprint density at radius 2 is 1.86 bits per heavy atom. The fourth-order valence-corrected chi connectivity index (χ4v) is 4.05. The van der Waals surface area contributed by atoms with E-state index in [1.54, 1.807) is 12.1 Å². The summed E-state index contributed by atoms with van der Waals surface area (Å²) in [5.74, 6) is 0.457. The summed E-state index contributed by atoms with van der Waals surface area (Å²) in [4.78, 5) is 8.52. The molecule has 152 valence electrons. The SMILES string of the molecule is CS(=O)(=O)c1ccc2ncnc(NCC3(c4cccc(C(F)(F)F)c4)CC3)c2c1. The van der Waals surface area contributed by atoms with Gasteiger partial charge < -0.3 is 5.32 Å². The van der Waals surface area contributed by atoms with Crippen LogP contribution < -0.4 is 5.32 Å². The summed E-state index contributed by atoms with van der Waals surface area (Å²) in [5.41, 5.74) is 0.160. The van der Waals surface area contributed by atoms with Crippen LogP contribution in [0.15, 0.2) is 53.7 Å². The van der Waals surface area contributed by atoms with Crippen LogP contribution >= 0.6 is 0 Å². The van der Waals surface area contributed by atoms with Crippen LogP contribution in [0, 0.1) is 0 Å². The molecule has 0 spiro atoms. The summed E-state index contributed by atoms with van der Waals surface area (Å²) >= 11 is 0. The number of nitrogens with one attached hydrogen (secondary N) is 1. The first kappa shape index (κ1) is 19.6. The van der Waals surface area contributed by atoms with E-state index in [-0.39, 0.29) is 4.90 Å². The van der Waals surface area contributed by atoms with Gasteiger partial charge in [0.2, 0.25) is 0 Å². The maximum Gasteiger partial charge on any atom is 0.416 e. The molecule has 0 aliphatic heterocycles. The molecule has 5 nitrogen and oxygen atoms in total. The van der Waals surface area contributed by atoms with Crippen LogP contribution in [0.5, 0.6) is 0 Å². The van der Waals surface area contributed by atoms with E-state index in [9.17, 15) is 21.6 Å². The fraction of sp³-hybridized carbons (Fsp3) is 0.300. The molecule has 1 saturated carbocycles. The summed E-state index contributed by atoms with van der Waals surface area (Å²) in [7, 11) is -3.39. The van der Waals surface area contributed by atoms with Gasteiger partial charge in [0, 0.05) is 23.6 Å². The average Bonchev–Trinajstić information content (AvgIpc) is 3.46. The number of hydrogen-bond donors (Lipinski definition) is 1. The highest BCUT2D eigenvalue weighted by atomic mass is 32.2. The van der Waals surface area contributed by atoms with E-state index in [1.165, 1.54) is 30.6 Å². The molecule has 0 saturated heterocycles. The highest BCUT2D eigenvalue weighted by Gasteiger charge is 2.45. The van der Waals surface area contributed by atoms with Crippen LogP contribution in [-0.4, -0.2) is 31.2 Å². The number of benzene rings is 2. The van der Waals surface area contributed by atoms with E-state index in [4.69, 9.17) is 0 Å². The van der Waals surface area contributed by atoms with Crippen LogP contribution in [0.1, 0.15) is 24.0 Å². The second-order valence-electron chi connectivity index (χ2n) is 7.39. The molecule has 0 bridgehead atoms. The summed E-state index contributed by atoms with van der Waals surface area (Å²) < 4.78 is 62.9. The standard InChI is InChI=1S/C20H18F3N3O2S/c1-29(27,28)15-5-6-17-16(10-15)18(26-12-25-17)24-11-19(7-8-19)13-3-2-4-14(9-13)20(21,22)23/h2-6,9-10,12H,7-8,11H2,1H3,(H,24,25,26). The van der Waals surface area contributed by atoms with Crippen LogP contribution in [0.3, 0.4) is 0 Å².